The van der Waals surface area contributed by atoms with Crippen LogP contribution >= 0.6 is 11.6 Å². The highest BCUT2D eigenvalue weighted by Gasteiger charge is 2.23. The quantitative estimate of drug-likeness (QED) is 0.860. The van der Waals surface area contributed by atoms with E-state index in [1.165, 1.54) is 0 Å². The van der Waals surface area contributed by atoms with Crippen LogP contribution < -0.4 is 15.8 Å². The van der Waals surface area contributed by atoms with Gasteiger partial charge in [0.1, 0.15) is 5.75 Å². The normalized spacial score (nSPS) is 12.9. The second kappa shape index (κ2) is 6.07. The summed E-state index contributed by atoms with van der Waals surface area (Å²) in [6.07, 6.45) is -0.629. The molecule has 18 heavy (non-hydrogen) atoms. The lowest BCUT2D eigenvalue weighted by Gasteiger charge is -2.26. The minimum Gasteiger partial charge on any atom is -0.479 e. The van der Waals surface area contributed by atoms with E-state index in [9.17, 15) is 4.79 Å². The van der Waals surface area contributed by atoms with Crippen molar-refractivity contribution >= 4 is 17.5 Å². The number of nitrogens with one attached hydrogen (secondary N) is 1. The maximum atomic E-state index is 11.9. The topological polar surface area (TPSA) is 64.3 Å². The van der Waals surface area contributed by atoms with Crippen molar-refractivity contribution in [1.82, 2.24) is 5.32 Å². The maximum absolute atomic E-state index is 11.9. The fourth-order valence-electron chi connectivity index (χ4n) is 1.27. The van der Waals surface area contributed by atoms with Gasteiger partial charge in [0.25, 0.3) is 5.91 Å². The van der Waals surface area contributed by atoms with E-state index in [0.717, 1.165) is 0 Å². The first-order valence-corrected chi connectivity index (χ1v) is 6.17. The molecule has 0 aliphatic rings. The van der Waals surface area contributed by atoms with E-state index in [0.29, 0.717) is 17.3 Å². The molecule has 0 aromatic heterocycles. The molecule has 0 radical (unpaired) electrons. The maximum Gasteiger partial charge on any atom is 0.261 e. The van der Waals surface area contributed by atoms with Gasteiger partial charge in [0.2, 0.25) is 0 Å². The molecule has 0 aliphatic carbocycles. The van der Waals surface area contributed by atoms with Gasteiger partial charge in [0.05, 0.1) is 5.02 Å². The van der Waals surface area contributed by atoms with E-state index >= 15 is 0 Å². The summed E-state index contributed by atoms with van der Waals surface area (Å²) in [7, 11) is 0. The van der Waals surface area contributed by atoms with Crippen LogP contribution in [0.3, 0.4) is 0 Å². The van der Waals surface area contributed by atoms with Crippen LogP contribution in [0.15, 0.2) is 24.3 Å². The van der Waals surface area contributed by atoms with E-state index in [2.05, 4.69) is 5.32 Å². The molecule has 0 fully saturated rings. The van der Waals surface area contributed by atoms with Crippen molar-refractivity contribution in [3.63, 3.8) is 0 Å². The average Bonchev–Trinajstić information content (AvgIpc) is 2.31. The Bertz CT molecular complexity index is 421. The number of hydrogen-bond acceptors (Lipinski definition) is 3. The van der Waals surface area contributed by atoms with Gasteiger partial charge >= 0.3 is 0 Å². The Morgan fingerprint density at radius 1 is 1.50 bits per heavy atom. The summed E-state index contributed by atoms with van der Waals surface area (Å²) >= 11 is 5.96. The third-order valence-electron chi connectivity index (χ3n) is 2.48. The first-order valence-electron chi connectivity index (χ1n) is 5.79. The van der Waals surface area contributed by atoms with Gasteiger partial charge in [-0.05, 0) is 32.9 Å². The highest BCUT2D eigenvalue weighted by atomic mass is 35.5. The molecule has 0 saturated carbocycles. The summed E-state index contributed by atoms with van der Waals surface area (Å²) in [5, 5.41) is 3.30. The predicted octanol–water partition coefficient (Wildman–Crippen LogP) is 1.96. The molecule has 5 heteroatoms. The standard InChI is InChI=1S/C13H19ClN2O2/c1-9(12(17)16-13(2,3)8-15)18-11-7-5-4-6-10(11)14/h4-7,9H,8,15H2,1-3H3,(H,16,17). The predicted molar refractivity (Wildman–Crippen MR) is 72.8 cm³/mol. The molecule has 1 aromatic rings. The number of para-hydroxylation sites is 1. The van der Waals surface area contributed by atoms with Crippen LogP contribution in [-0.2, 0) is 4.79 Å². The molecular formula is C13H19ClN2O2. The molecule has 1 aromatic carbocycles. The second-order valence-corrected chi connectivity index (χ2v) is 5.17. The Hall–Kier alpha value is -1.26. The lowest BCUT2D eigenvalue weighted by atomic mass is 10.1. The van der Waals surface area contributed by atoms with Crippen molar-refractivity contribution in [3.8, 4) is 5.75 Å². The summed E-state index contributed by atoms with van der Waals surface area (Å²) < 4.78 is 5.51. The number of halogens is 1. The monoisotopic (exact) mass is 270 g/mol. The fourth-order valence-corrected chi connectivity index (χ4v) is 1.45. The van der Waals surface area contributed by atoms with Gasteiger partial charge in [-0.25, -0.2) is 0 Å². The highest BCUT2D eigenvalue weighted by molar-refractivity contribution is 6.32. The zero-order valence-electron chi connectivity index (χ0n) is 10.9. The van der Waals surface area contributed by atoms with Crippen molar-refractivity contribution in [2.45, 2.75) is 32.4 Å². The first kappa shape index (κ1) is 14.8. The van der Waals surface area contributed by atoms with Gasteiger partial charge in [-0.3, -0.25) is 4.79 Å². The van der Waals surface area contributed by atoms with Crippen LogP contribution in [0.5, 0.6) is 5.75 Å². The van der Waals surface area contributed by atoms with Crippen molar-refractivity contribution in [1.29, 1.82) is 0 Å². The number of amides is 1. The molecule has 3 N–H and O–H groups in total. The number of nitrogens with two attached hydrogens (primary N) is 1. The van der Waals surface area contributed by atoms with Gasteiger partial charge in [-0.2, -0.15) is 0 Å². The second-order valence-electron chi connectivity index (χ2n) is 4.77. The summed E-state index contributed by atoms with van der Waals surface area (Å²) in [6.45, 7) is 5.74. The Balaban J connectivity index is 2.63. The summed E-state index contributed by atoms with van der Waals surface area (Å²) in [5.41, 5.74) is 5.11. The number of benzene rings is 1. The van der Waals surface area contributed by atoms with E-state index in [1.54, 1.807) is 31.2 Å². The highest BCUT2D eigenvalue weighted by Crippen LogP contribution is 2.24. The van der Waals surface area contributed by atoms with E-state index in [4.69, 9.17) is 22.1 Å². The van der Waals surface area contributed by atoms with E-state index < -0.39 is 11.6 Å². The van der Waals surface area contributed by atoms with Crippen molar-refractivity contribution in [3.05, 3.63) is 29.3 Å². The van der Waals surface area contributed by atoms with Crippen molar-refractivity contribution in [2.24, 2.45) is 5.73 Å². The molecule has 4 nitrogen and oxygen atoms in total. The number of ether oxygens (including phenoxy) is 1. The lowest BCUT2D eigenvalue weighted by molar-refractivity contribution is -0.128. The summed E-state index contributed by atoms with van der Waals surface area (Å²) in [6, 6.07) is 7.04. The number of carbonyl (C=O) groups is 1. The summed E-state index contributed by atoms with van der Waals surface area (Å²) in [5.74, 6) is 0.276. The molecule has 100 valence electrons. The van der Waals surface area contributed by atoms with Crippen LogP contribution in [0.25, 0.3) is 0 Å². The van der Waals surface area contributed by atoms with E-state index in [1.807, 2.05) is 13.8 Å². The third-order valence-corrected chi connectivity index (χ3v) is 2.79. The van der Waals surface area contributed by atoms with Gasteiger partial charge in [-0.15, -0.1) is 0 Å². The van der Waals surface area contributed by atoms with Crippen LogP contribution in [0.2, 0.25) is 5.02 Å². The average molecular weight is 271 g/mol. The van der Waals surface area contributed by atoms with Crippen LogP contribution in [0.4, 0.5) is 0 Å². The Morgan fingerprint density at radius 3 is 2.67 bits per heavy atom. The summed E-state index contributed by atoms with van der Waals surface area (Å²) in [4.78, 5) is 11.9. The third kappa shape index (κ3) is 4.20. The van der Waals surface area contributed by atoms with Crippen LogP contribution in [0.1, 0.15) is 20.8 Å². The minimum atomic E-state index is -0.629. The van der Waals surface area contributed by atoms with Crippen LogP contribution in [0, 0.1) is 0 Å². The van der Waals surface area contributed by atoms with Crippen LogP contribution in [-0.4, -0.2) is 24.1 Å². The largest absolute Gasteiger partial charge is 0.479 e. The Labute approximate surface area is 112 Å². The molecule has 0 aliphatic heterocycles. The van der Waals surface area contributed by atoms with Gasteiger partial charge < -0.3 is 15.8 Å². The van der Waals surface area contributed by atoms with E-state index in [-0.39, 0.29) is 5.91 Å². The number of hydrogen-bond donors (Lipinski definition) is 2. The number of rotatable bonds is 5. The molecule has 0 bridgehead atoms. The molecule has 1 unspecified atom stereocenters. The van der Waals surface area contributed by atoms with Gasteiger partial charge in [-0.1, -0.05) is 23.7 Å². The molecule has 1 atom stereocenters. The molecule has 0 spiro atoms. The zero-order chi connectivity index (χ0) is 13.8. The fraction of sp³-hybridized carbons (Fsp3) is 0.462. The molecule has 0 saturated heterocycles. The molecule has 1 amide bonds. The minimum absolute atomic E-state index is 0.217. The van der Waals surface area contributed by atoms with Crippen molar-refractivity contribution in [2.75, 3.05) is 6.54 Å². The number of carbonyl (C=O) groups excluding carboxylic acids is 1. The molecular weight excluding hydrogens is 252 g/mol. The smallest absolute Gasteiger partial charge is 0.261 e. The lowest BCUT2D eigenvalue weighted by Crippen LogP contribution is -2.52. The Kier molecular flexibility index (Phi) is 4.99. The molecule has 0 heterocycles. The Morgan fingerprint density at radius 2 is 2.11 bits per heavy atom. The SMILES string of the molecule is CC(Oc1ccccc1Cl)C(=O)NC(C)(C)CN. The first-order chi connectivity index (χ1) is 8.35. The van der Waals surface area contributed by atoms with Crippen molar-refractivity contribution < 1.29 is 9.53 Å². The zero-order valence-corrected chi connectivity index (χ0v) is 11.6. The molecule has 1 rings (SSSR count). The van der Waals surface area contributed by atoms with Gasteiger partial charge in [0.15, 0.2) is 6.10 Å². The van der Waals surface area contributed by atoms with Gasteiger partial charge in [0, 0.05) is 12.1 Å².